The lowest BCUT2D eigenvalue weighted by molar-refractivity contribution is -0.143. The molecule has 8 heteroatoms. The van der Waals surface area contributed by atoms with Crippen LogP contribution in [0.1, 0.15) is 51.9 Å². The number of hydrogen-bond acceptors (Lipinski definition) is 2. The van der Waals surface area contributed by atoms with Gasteiger partial charge in [-0.05, 0) is 25.3 Å². The molecule has 0 bridgehead atoms. The number of aliphatic imine (C=N–C) groups is 1. The summed E-state index contributed by atoms with van der Waals surface area (Å²) in [5, 5.41) is 3.08. The van der Waals surface area contributed by atoms with Crippen molar-refractivity contribution in [3.63, 3.8) is 0 Å². The van der Waals surface area contributed by atoms with Gasteiger partial charge in [0, 0.05) is 19.6 Å². The van der Waals surface area contributed by atoms with E-state index in [0.717, 1.165) is 19.4 Å². The zero-order valence-corrected chi connectivity index (χ0v) is 16.9. The lowest BCUT2D eigenvalue weighted by Gasteiger charge is -2.17. The quantitative estimate of drug-likeness (QED) is 0.224. The Morgan fingerprint density at radius 3 is 2.54 bits per heavy atom. The van der Waals surface area contributed by atoms with Gasteiger partial charge in [0.1, 0.15) is 0 Å². The van der Waals surface area contributed by atoms with E-state index in [9.17, 15) is 13.2 Å². The van der Waals surface area contributed by atoms with E-state index < -0.39 is 12.7 Å². The van der Waals surface area contributed by atoms with Crippen molar-refractivity contribution in [3.05, 3.63) is 0 Å². The topological polar surface area (TPSA) is 53.6 Å². The summed E-state index contributed by atoms with van der Waals surface area (Å²) in [6.45, 7) is 3.64. The molecular formula is C16H32F3IN4. The molecule has 144 valence electrons. The summed E-state index contributed by atoms with van der Waals surface area (Å²) in [5.41, 5.74) is 5.80. The Kier molecular flexibility index (Phi) is 12.9. The van der Waals surface area contributed by atoms with Crippen LogP contribution in [0.3, 0.4) is 0 Å². The largest absolute Gasteiger partial charge is 0.401 e. The molecule has 24 heavy (non-hydrogen) atoms. The third-order valence-corrected chi connectivity index (χ3v) is 4.13. The van der Waals surface area contributed by atoms with Gasteiger partial charge in [-0.15, -0.1) is 24.0 Å². The van der Waals surface area contributed by atoms with Gasteiger partial charge in [-0.25, -0.2) is 0 Å². The summed E-state index contributed by atoms with van der Waals surface area (Å²) >= 11 is 0. The van der Waals surface area contributed by atoms with Crippen molar-refractivity contribution >= 4 is 29.9 Å². The molecule has 1 heterocycles. The lowest BCUT2D eigenvalue weighted by atomic mass is 10.1. The summed E-state index contributed by atoms with van der Waals surface area (Å²) in [7, 11) is 0. The van der Waals surface area contributed by atoms with Crippen LogP contribution in [0.2, 0.25) is 0 Å². The van der Waals surface area contributed by atoms with Crippen molar-refractivity contribution in [3.8, 4) is 0 Å². The molecule has 0 amide bonds. The predicted molar refractivity (Wildman–Crippen MR) is 104 cm³/mol. The molecule has 1 unspecified atom stereocenters. The number of alkyl halides is 3. The van der Waals surface area contributed by atoms with E-state index in [4.69, 9.17) is 5.73 Å². The van der Waals surface area contributed by atoms with Gasteiger partial charge in [0.15, 0.2) is 5.96 Å². The molecule has 0 saturated carbocycles. The van der Waals surface area contributed by atoms with E-state index in [0.29, 0.717) is 25.6 Å². The molecule has 1 aliphatic heterocycles. The van der Waals surface area contributed by atoms with Gasteiger partial charge in [-0.1, -0.05) is 39.0 Å². The average Bonchev–Trinajstić information content (AvgIpc) is 2.89. The van der Waals surface area contributed by atoms with Gasteiger partial charge < -0.3 is 11.1 Å². The van der Waals surface area contributed by atoms with Crippen LogP contribution in [-0.2, 0) is 0 Å². The van der Waals surface area contributed by atoms with Crippen LogP contribution in [-0.4, -0.2) is 49.8 Å². The number of likely N-dealkylation sites (tertiary alicyclic amines) is 1. The summed E-state index contributed by atoms with van der Waals surface area (Å²) in [5.74, 6) is 0.583. The minimum atomic E-state index is -4.12. The fraction of sp³-hybridized carbons (Fsp3) is 0.938. The number of nitrogens with zero attached hydrogens (tertiary/aromatic N) is 2. The first kappa shape index (κ1) is 23.8. The summed E-state index contributed by atoms with van der Waals surface area (Å²) in [6, 6.07) is 0. The van der Waals surface area contributed by atoms with E-state index >= 15 is 0 Å². The molecule has 1 saturated heterocycles. The van der Waals surface area contributed by atoms with E-state index in [1.165, 1.54) is 37.0 Å². The maximum Gasteiger partial charge on any atom is 0.401 e. The zero-order valence-electron chi connectivity index (χ0n) is 14.6. The van der Waals surface area contributed by atoms with Crippen LogP contribution in [0, 0.1) is 5.92 Å². The fourth-order valence-corrected chi connectivity index (χ4v) is 2.86. The molecule has 1 atom stereocenters. The normalized spacial score (nSPS) is 19.3. The molecule has 0 aromatic carbocycles. The average molecular weight is 464 g/mol. The lowest BCUT2D eigenvalue weighted by Crippen LogP contribution is -2.34. The van der Waals surface area contributed by atoms with Gasteiger partial charge in [0.25, 0.3) is 0 Å². The Bertz CT molecular complexity index is 351. The Labute approximate surface area is 160 Å². The maximum atomic E-state index is 12.3. The number of unbranched alkanes of at least 4 members (excludes halogenated alkanes) is 5. The maximum absolute atomic E-state index is 12.3. The van der Waals surface area contributed by atoms with Gasteiger partial charge >= 0.3 is 6.18 Å². The number of rotatable bonds is 10. The number of halogens is 4. The third-order valence-electron chi connectivity index (χ3n) is 4.13. The molecule has 1 fully saturated rings. The van der Waals surface area contributed by atoms with Gasteiger partial charge in [-0.3, -0.25) is 9.89 Å². The van der Waals surface area contributed by atoms with E-state index in [2.05, 4.69) is 17.2 Å². The van der Waals surface area contributed by atoms with Crippen molar-refractivity contribution in [2.24, 2.45) is 16.6 Å². The number of guanidine groups is 1. The first-order chi connectivity index (χ1) is 10.9. The Hall–Kier alpha value is -0.250. The molecule has 0 aliphatic carbocycles. The number of nitrogens with two attached hydrogens (primary N) is 1. The SMILES string of the molecule is CCCCCCCCNC(N)=NCC1CCN(CC(F)(F)F)C1.I. The third kappa shape index (κ3) is 12.2. The minimum Gasteiger partial charge on any atom is -0.370 e. The molecule has 0 spiro atoms. The predicted octanol–water partition coefficient (Wildman–Crippen LogP) is 3.75. The second-order valence-corrected chi connectivity index (χ2v) is 6.43. The standard InChI is InChI=1S/C16H31F3N4.HI/c1-2-3-4-5-6-7-9-21-15(20)22-11-14-8-10-23(12-14)13-16(17,18)19;/h14H,2-13H2,1H3,(H3,20,21,22);1H. The molecule has 4 nitrogen and oxygen atoms in total. The van der Waals surface area contributed by atoms with Gasteiger partial charge in [-0.2, -0.15) is 13.2 Å². The highest BCUT2D eigenvalue weighted by molar-refractivity contribution is 14.0. The molecule has 0 radical (unpaired) electrons. The molecule has 1 rings (SSSR count). The van der Waals surface area contributed by atoms with Crippen molar-refractivity contribution in [2.75, 3.05) is 32.7 Å². The van der Waals surface area contributed by atoms with Crippen molar-refractivity contribution < 1.29 is 13.2 Å². The smallest absolute Gasteiger partial charge is 0.370 e. The molecule has 3 N–H and O–H groups in total. The highest BCUT2D eigenvalue weighted by atomic mass is 127. The van der Waals surface area contributed by atoms with Crippen LogP contribution in [0.4, 0.5) is 13.2 Å². The van der Waals surface area contributed by atoms with Crippen molar-refractivity contribution in [1.82, 2.24) is 10.2 Å². The van der Waals surface area contributed by atoms with Crippen LogP contribution in [0.25, 0.3) is 0 Å². The minimum absolute atomic E-state index is 0. The highest BCUT2D eigenvalue weighted by Gasteiger charge is 2.34. The fourth-order valence-electron chi connectivity index (χ4n) is 2.86. The van der Waals surface area contributed by atoms with E-state index in [-0.39, 0.29) is 29.9 Å². The molecular weight excluding hydrogens is 432 g/mol. The Balaban J connectivity index is 0.00000529. The first-order valence-electron chi connectivity index (χ1n) is 8.73. The van der Waals surface area contributed by atoms with Crippen molar-refractivity contribution in [2.45, 2.75) is 58.0 Å². The summed E-state index contributed by atoms with van der Waals surface area (Å²) < 4.78 is 37.0. The van der Waals surface area contributed by atoms with Crippen LogP contribution < -0.4 is 11.1 Å². The van der Waals surface area contributed by atoms with Crippen LogP contribution in [0.15, 0.2) is 4.99 Å². The molecule has 0 aromatic rings. The monoisotopic (exact) mass is 464 g/mol. The van der Waals surface area contributed by atoms with Gasteiger partial charge in [0.05, 0.1) is 6.54 Å². The summed E-state index contributed by atoms with van der Waals surface area (Å²) in [6.07, 6.45) is 3.99. The van der Waals surface area contributed by atoms with Crippen LogP contribution in [0.5, 0.6) is 0 Å². The van der Waals surface area contributed by atoms with Gasteiger partial charge in [0.2, 0.25) is 0 Å². The van der Waals surface area contributed by atoms with Crippen molar-refractivity contribution in [1.29, 1.82) is 0 Å². The zero-order chi connectivity index (χ0) is 17.1. The van der Waals surface area contributed by atoms with E-state index in [1.54, 1.807) is 0 Å². The van der Waals surface area contributed by atoms with Crippen LogP contribution >= 0.6 is 24.0 Å². The molecule has 1 aliphatic rings. The Morgan fingerprint density at radius 1 is 1.21 bits per heavy atom. The Morgan fingerprint density at radius 2 is 1.88 bits per heavy atom. The number of nitrogens with one attached hydrogen (secondary N) is 1. The second kappa shape index (κ2) is 13.0. The number of hydrogen-bond donors (Lipinski definition) is 2. The second-order valence-electron chi connectivity index (χ2n) is 6.43. The molecule has 0 aromatic heterocycles. The highest BCUT2D eigenvalue weighted by Crippen LogP contribution is 2.22. The summed E-state index contributed by atoms with van der Waals surface area (Å²) in [4.78, 5) is 5.70. The first-order valence-corrected chi connectivity index (χ1v) is 8.73. The van der Waals surface area contributed by atoms with E-state index in [1.807, 2.05) is 0 Å².